The third-order valence-electron chi connectivity index (χ3n) is 6.10. The molecule has 2 aromatic carbocycles. The highest BCUT2D eigenvalue weighted by Gasteiger charge is 2.30. The zero-order valence-corrected chi connectivity index (χ0v) is 21.0. The fourth-order valence-electron chi connectivity index (χ4n) is 3.83. The molecule has 0 radical (unpaired) electrons. The number of nitrogens with zero attached hydrogens (tertiary/aromatic N) is 1. The summed E-state index contributed by atoms with van der Waals surface area (Å²) >= 11 is 0. The number of carbonyl (C=O) groups is 2. The van der Waals surface area contributed by atoms with Gasteiger partial charge in [0.15, 0.2) is 6.61 Å². The number of piperidine rings is 1. The Kier molecular flexibility index (Phi) is 8.33. The molecule has 0 aliphatic carbocycles. The molecule has 0 saturated carbocycles. The number of rotatable bonds is 8. The quantitative estimate of drug-likeness (QED) is 0.593. The maximum atomic E-state index is 13.3. The monoisotopic (exact) mass is 487 g/mol. The molecule has 2 amide bonds. The number of likely N-dealkylation sites (N-methyl/N-ethyl adjacent to an activating group) is 1. The summed E-state index contributed by atoms with van der Waals surface area (Å²) in [6.07, 6.45) is 1.67. The van der Waals surface area contributed by atoms with Gasteiger partial charge in [-0.15, -0.1) is 0 Å². The van der Waals surface area contributed by atoms with Crippen LogP contribution in [0.3, 0.4) is 0 Å². The smallest absolute Gasteiger partial charge is 0.257 e. The Balaban J connectivity index is 1.74. The summed E-state index contributed by atoms with van der Waals surface area (Å²) in [7, 11) is -3.69. The number of benzene rings is 2. The number of sulfonamides is 1. The minimum atomic E-state index is -3.69. The van der Waals surface area contributed by atoms with Crippen molar-refractivity contribution in [3.63, 3.8) is 0 Å². The summed E-state index contributed by atoms with van der Waals surface area (Å²) in [6, 6.07) is 9.81. The first-order valence-corrected chi connectivity index (χ1v) is 13.0. The van der Waals surface area contributed by atoms with Gasteiger partial charge in [0.25, 0.3) is 11.8 Å². The molecule has 0 atom stereocenters. The zero-order chi connectivity index (χ0) is 24.9. The van der Waals surface area contributed by atoms with E-state index < -0.39 is 15.9 Å². The minimum absolute atomic E-state index is 0.0879. The Bertz CT molecular complexity index is 1140. The first-order valence-electron chi connectivity index (χ1n) is 11.5. The van der Waals surface area contributed by atoms with E-state index in [1.54, 1.807) is 37.3 Å². The third-order valence-corrected chi connectivity index (χ3v) is 8.12. The molecule has 1 aliphatic rings. The molecule has 9 heteroatoms. The molecule has 1 fully saturated rings. The van der Waals surface area contributed by atoms with Crippen LogP contribution in [-0.2, 0) is 14.8 Å². The van der Waals surface area contributed by atoms with Gasteiger partial charge in [-0.2, -0.15) is 4.31 Å². The topological polar surface area (TPSA) is 105 Å². The largest absolute Gasteiger partial charge is 0.484 e. The molecular formula is C25H33N3O5S. The molecule has 1 aliphatic heterocycles. The van der Waals surface area contributed by atoms with Gasteiger partial charge < -0.3 is 15.4 Å². The van der Waals surface area contributed by atoms with Crippen molar-refractivity contribution in [2.45, 2.75) is 45.4 Å². The van der Waals surface area contributed by atoms with Crippen molar-refractivity contribution >= 4 is 27.5 Å². The van der Waals surface area contributed by atoms with Crippen LogP contribution in [-0.4, -0.2) is 50.8 Å². The van der Waals surface area contributed by atoms with Crippen molar-refractivity contribution in [2.75, 3.05) is 31.6 Å². The Morgan fingerprint density at radius 1 is 1.09 bits per heavy atom. The van der Waals surface area contributed by atoms with E-state index in [0.29, 0.717) is 42.6 Å². The van der Waals surface area contributed by atoms with Crippen LogP contribution in [0.25, 0.3) is 0 Å². The summed E-state index contributed by atoms with van der Waals surface area (Å²) < 4.78 is 33.6. The number of hydrogen-bond acceptors (Lipinski definition) is 5. The predicted molar refractivity (Wildman–Crippen MR) is 132 cm³/mol. The molecule has 2 aromatic rings. The number of hydrogen-bond donors (Lipinski definition) is 2. The lowest BCUT2D eigenvalue weighted by Gasteiger charge is -2.30. The van der Waals surface area contributed by atoms with Crippen molar-refractivity contribution in [1.82, 2.24) is 9.62 Å². The van der Waals surface area contributed by atoms with Gasteiger partial charge in [-0.25, -0.2) is 8.42 Å². The molecule has 34 heavy (non-hydrogen) atoms. The molecule has 2 N–H and O–H groups in total. The van der Waals surface area contributed by atoms with E-state index >= 15 is 0 Å². The van der Waals surface area contributed by atoms with Gasteiger partial charge in [-0.05, 0) is 87.1 Å². The van der Waals surface area contributed by atoms with E-state index in [4.69, 9.17) is 4.74 Å². The van der Waals surface area contributed by atoms with Gasteiger partial charge >= 0.3 is 0 Å². The SMILES string of the molecule is CCNC(=O)COc1ccc(NC(=O)c2cc(C)c(C)c(S(=O)(=O)N3CCC(C)CC3)c2)cc1. The van der Waals surface area contributed by atoms with Crippen LogP contribution in [0.4, 0.5) is 5.69 Å². The molecule has 8 nitrogen and oxygen atoms in total. The Hall–Kier alpha value is -2.91. The predicted octanol–water partition coefficient (Wildman–Crippen LogP) is 3.49. The molecule has 3 rings (SSSR count). The lowest BCUT2D eigenvalue weighted by atomic mass is 10.0. The van der Waals surface area contributed by atoms with Gasteiger partial charge in [0.2, 0.25) is 10.0 Å². The lowest BCUT2D eigenvalue weighted by Crippen LogP contribution is -2.38. The number of ether oxygens (including phenoxy) is 1. The molecular weight excluding hydrogens is 454 g/mol. The molecule has 0 bridgehead atoms. The number of nitrogens with one attached hydrogen (secondary N) is 2. The van der Waals surface area contributed by atoms with Gasteiger partial charge in [-0.1, -0.05) is 6.92 Å². The fourth-order valence-corrected chi connectivity index (χ4v) is 5.62. The van der Waals surface area contributed by atoms with Crippen LogP contribution in [0.2, 0.25) is 0 Å². The van der Waals surface area contributed by atoms with E-state index in [2.05, 4.69) is 17.6 Å². The first-order chi connectivity index (χ1) is 16.1. The van der Waals surface area contributed by atoms with E-state index in [-0.39, 0.29) is 23.0 Å². The maximum absolute atomic E-state index is 13.3. The Morgan fingerprint density at radius 3 is 2.35 bits per heavy atom. The molecule has 0 spiro atoms. The molecule has 0 unspecified atom stereocenters. The summed E-state index contributed by atoms with van der Waals surface area (Å²) in [5.74, 6) is 0.401. The van der Waals surface area contributed by atoms with Crippen molar-refractivity contribution in [1.29, 1.82) is 0 Å². The zero-order valence-electron chi connectivity index (χ0n) is 20.2. The average molecular weight is 488 g/mol. The van der Waals surface area contributed by atoms with E-state index in [0.717, 1.165) is 18.4 Å². The Labute approximate surface area is 201 Å². The second kappa shape index (κ2) is 11.0. The van der Waals surface area contributed by atoms with Crippen LogP contribution in [0.5, 0.6) is 5.75 Å². The maximum Gasteiger partial charge on any atom is 0.257 e. The normalized spacial score (nSPS) is 15.1. The van der Waals surface area contributed by atoms with Crippen molar-refractivity contribution < 1.29 is 22.7 Å². The van der Waals surface area contributed by atoms with Gasteiger partial charge in [-0.3, -0.25) is 9.59 Å². The van der Waals surface area contributed by atoms with Crippen LogP contribution in [0, 0.1) is 19.8 Å². The number of aryl methyl sites for hydroxylation is 1. The van der Waals surface area contributed by atoms with Gasteiger partial charge in [0, 0.05) is 30.9 Å². The summed E-state index contributed by atoms with van der Waals surface area (Å²) in [6.45, 7) is 8.98. The van der Waals surface area contributed by atoms with E-state index in [1.807, 2.05) is 13.8 Å². The average Bonchev–Trinajstić information content (AvgIpc) is 2.80. The fraction of sp³-hybridized carbons (Fsp3) is 0.440. The molecule has 0 aromatic heterocycles. The van der Waals surface area contributed by atoms with Crippen molar-refractivity contribution in [3.05, 3.63) is 53.1 Å². The summed E-state index contributed by atoms with van der Waals surface area (Å²) in [5.41, 5.74) is 2.21. The van der Waals surface area contributed by atoms with Gasteiger partial charge in [0.05, 0.1) is 4.90 Å². The van der Waals surface area contributed by atoms with E-state index in [9.17, 15) is 18.0 Å². The van der Waals surface area contributed by atoms with Crippen LogP contribution < -0.4 is 15.4 Å². The second-order valence-electron chi connectivity index (χ2n) is 8.72. The highest BCUT2D eigenvalue weighted by atomic mass is 32.2. The number of carbonyl (C=O) groups excluding carboxylic acids is 2. The van der Waals surface area contributed by atoms with Crippen LogP contribution in [0.15, 0.2) is 41.3 Å². The standard InChI is InChI=1S/C25H33N3O5S/c1-5-26-24(29)16-33-22-8-6-21(7-9-22)27-25(30)20-14-18(3)19(4)23(15-20)34(31,32)28-12-10-17(2)11-13-28/h6-9,14-15,17H,5,10-13,16H2,1-4H3,(H,26,29)(H,27,30). The Morgan fingerprint density at radius 2 is 1.74 bits per heavy atom. The number of anilines is 1. The minimum Gasteiger partial charge on any atom is -0.484 e. The van der Waals surface area contributed by atoms with E-state index in [1.165, 1.54) is 10.4 Å². The molecule has 1 heterocycles. The summed E-state index contributed by atoms with van der Waals surface area (Å²) in [5, 5.41) is 5.45. The highest BCUT2D eigenvalue weighted by Crippen LogP contribution is 2.28. The van der Waals surface area contributed by atoms with Gasteiger partial charge in [0.1, 0.15) is 5.75 Å². The van der Waals surface area contributed by atoms with Crippen LogP contribution in [0.1, 0.15) is 48.2 Å². The lowest BCUT2D eigenvalue weighted by molar-refractivity contribution is -0.122. The first kappa shape index (κ1) is 25.7. The highest BCUT2D eigenvalue weighted by molar-refractivity contribution is 7.89. The second-order valence-corrected chi connectivity index (χ2v) is 10.6. The molecule has 1 saturated heterocycles. The molecule has 184 valence electrons. The van der Waals surface area contributed by atoms with Crippen molar-refractivity contribution in [3.8, 4) is 5.75 Å². The summed E-state index contributed by atoms with van der Waals surface area (Å²) in [4.78, 5) is 24.6. The van der Waals surface area contributed by atoms with Crippen molar-refractivity contribution in [2.24, 2.45) is 5.92 Å². The number of amides is 2. The third kappa shape index (κ3) is 6.15. The van der Waals surface area contributed by atoms with Crippen LogP contribution >= 0.6 is 0 Å².